The molecule has 1 saturated heterocycles. The van der Waals surface area contributed by atoms with Crippen molar-refractivity contribution in [2.75, 3.05) is 13.1 Å². The minimum atomic E-state index is -0.622. The van der Waals surface area contributed by atoms with Gasteiger partial charge in [-0.2, -0.15) is 0 Å². The summed E-state index contributed by atoms with van der Waals surface area (Å²) in [6.07, 6.45) is 5.52. The minimum Gasteiger partial charge on any atom is -0.481 e. The van der Waals surface area contributed by atoms with E-state index in [1.54, 1.807) is 0 Å². The van der Waals surface area contributed by atoms with Gasteiger partial charge in [-0.25, -0.2) is 0 Å². The van der Waals surface area contributed by atoms with Crippen molar-refractivity contribution in [1.82, 2.24) is 4.90 Å². The molecule has 0 aromatic heterocycles. The fourth-order valence-corrected chi connectivity index (χ4v) is 3.53. The summed E-state index contributed by atoms with van der Waals surface area (Å²) in [5.41, 5.74) is -0.0732. The maximum Gasteiger partial charge on any atom is 0.309 e. The Labute approximate surface area is 104 Å². The topological polar surface area (TPSA) is 40.5 Å². The highest BCUT2D eigenvalue weighted by Crippen LogP contribution is 2.43. The highest BCUT2D eigenvalue weighted by Gasteiger charge is 2.43. The Morgan fingerprint density at radius 1 is 1.18 bits per heavy atom. The lowest BCUT2D eigenvalue weighted by Gasteiger charge is -2.43. The van der Waals surface area contributed by atoms with E-state index in [1.807, 2.05) is 6.92 Å². The lowest BCUT2D eigenvalue weighted by Crippen LogP contribution is -2.49. The third-order valence-corrected chi connectivity index (χ3v) is 5.06. The first-order valence-electron chi connectivity index (χ1n) is 6.83. The van der Waals surface area contributed by atoms with Crippen LogP contribution in [0.15, 0.2) is 0 Å². The maximum absolute atomic E-state index is 11.2. The van der Waals surface area contributed by atoms with Crippen LogP contribution in [-0.2, 0) is 4.79 Å². The van der Waals surface area contributed by atoms with E-state index in [2.05, 4.69) is 18.7 Å². The molecule has 1 aliphatic carbocycles. The van der Waals surface area contributed by atoms with E-state index in [1.165, 1.54) is 19.3 Å². The van der Waals surface area contributed by atoms with Crippen LogP contribution >= 0.6 is 0 Å². The molecule has 0 bridgehead atoms. The highest BCUT2D eigenvalue weighted by atomic mass is 16.4. The average Bonchev–Trinajstić information content (AvgIpc) is 2.59. The van der Waals surface area contributed by atoms with E-state index in [-0.39, 0.29) is 0 Å². The molecule has 1 saturated carbocycles. The summed E-state index contributed by atoms with van der Waals surface area (Å²) in [5, 5.41) is 9.23. The van der Waals surface area contributed by atoms with Gasteiger partial charge in [0.15, 0.2) is 0 Å². The van der Waals surface area contributed by atoms with Crippen molar-refractivity contribution < 1.29 is 9.90 Å². The van der Waals surface area contributed by atoms with Crippen LogP contribution < -0.4 is 0 Å². The number of nitrogens with zero attached hydrogens (tertiary/aromatic N) is 1. The van der Waals surface area contributed by atoms with Crippen LogP contribution in [0.3, 0.4) is 0 Å². The van der Waals surface area contributed by atoms with Gasteiger partial charge in [-0.3, -0.25) is 9.69 Å². The zero-order valence-electron chi connectivity index (χ0n) is 11.3. The van der Waals surface area contributed by atoms with Crippen LogP contribution in [0, 0.1) is 10.8 Å². The normalized spacial score (nSPS) is 32.5. The van der Waals surface area contributed by atoms with E-state index in [4.69, 9.17) is 0 Å². The van der Waals surface area contributed by atoms with Gasteiger partial charge in [0, 0.05) is 6.04 Å². The fraction of sp³-hybridized carbons (Fsp3) is 0.929. The van der Waals surface area contributed by atoms with Gasteiger partial charge < -0.3 is 5.11 Å². The molecular formula is C14H25NO2. The molecule has 0 radical (unpaired) electrons. The summed E-state index contributed by atoms with van der Waals surface area (Å²) in [4.78, 5) is 13.8. The molecule has 0 aromatic carbocycles. The van der Waals surface area contributed by atoms with Gasteiger partial charge in [0.2, 0.25) is 0 Å². The molecule has 98 valence electrons. The predicted molar refractivity (Wildman–Crippen MR) is 68.0 cm³/mol. The second kappa shape index (κ2) is 4.27. The first kappa shape index (κ1) is 12.9. The van der Waals surface area contributed by atoms with Crippen molar-refractivity contribution in [2.24, 2.45) is 10.8 Å². The van der Waals surface area contributed by atoms with Crippen LogP contribution in [0.2, 0.25) is 0 Å². The Kier molecular flexibility index (Phi) is 3.23. The van der Waals surface area contributed by atoms with Crippen LogP contribution in [0.1, 0.15) is 52.9 Å². The predicted octanol–water partition coefficient (Wildman–Crippen LogP) is 2.75. The summed E-state index contributed by atoms with van der Waals surface area (Å²) in [7, 11) is 0. The van der Waals surface area contributed by atoms with E-state index in [0.29, 0.717) is 11.5 Å². The molecule has 3 heteroatoms. The van der Waals surface area contributed by atoms with Gasteiger partial charge in [-0.05, 0) is 51.1 Å². The van der Waals surface area contributed by atoms with Crippen molar-refractivity contribution in [3.63, 3.8) is 0 Å². The summed E-state index contributed by atoms with van der Waals surface area (Å²) >= 11 is 0. The molecule has 0 aromatic rings. The van der Waals surface area contributed by atoms with Gasteiger partial charge in [0.1, 0.15) is 0 Å². The monoisotopic (exact) mass is 239 g/mol. The lowest BCUT2D eigenvalue weighted by atomic mass is 9.78. The molecule has 1 aliphatic heterocycles. The Bertz CT molecular complexity index is 303. The molecule has 2 aliphatic rings. The Morgan fingerprint density at radius 2 is 1.76 bits per heavy atom. The third-order valence-electron chi connectivity index (χ3n) is 5.06. The van der Waals surface area contributed by atoms with Crippen LogP contribution in [0.5, 0.6) is 0 Å². The van der Waals surface area contributed by atoms with Crippen molar-refractivity contribution in [1.29, 1.82) is 0 Å². The number of likely N-dealkylation sites (tertiary alicyclic amines) is 1. The van der Waals surface area contributed by atoms with E-state index in [0.717, 1.165) is 25.9 Å². The molecular weight excluding hydrogens is 214 g/mol. The average molecular weight is 239 g/mol. The summed E-state index contributed by atoms with van der Waals surface area (Å²) in [6.45, 7) is 8.52. The summed E-state index contributed by atoms with van der Waals surface area (Å²) < 4.78 is 0. The van der Waals surface area contributed by atoms with Crippen molar-refractivity contribution >= 4 is 5.97 Å². The Balaban J connectivity index is 1.98. The lowest BCUT2D eigenvalue weighted by molar-refractivity contribution is -0.151. The zero-order valence-corrected chi connectivity index (χ0v) is 11.3. The number of aliphatic carboxylic acids is 1. The largest absolute Gasteiger partial charge is 0.481 e. The quantitative estimate of drug-likeness (QED) is 0.805. The van der Waals surface area contributed by atoms with Crippen molar-refractivity contribution in [3.8, 4) is 0 Å². The highest BCUT2D eigenvalue weighted by molar-refractivity contribution is 5.74. The second-order valence-corrected chi connectivity index (χ2v) is 6.80. The molecule has 2 fully saturated rings. The number of hydrogen-bond donors (Lipinski definition) is 1. The SMILES string of the molecule is CC1(C(=O)O)CCN(C2CCCC2(C)C)CC1. The van der Waals surface area contributed by atoms with E-state index >= 15 is 0 Å². The van der Waals surface area contributed by atoms with Crippen molar-refractivity contribution in [2.45, 2.75) is 58.9 Å². The van der Waals surface area contributed by atoms with Gasteiger partial charge in [0.05, 0.1) is 5.41 Å². The zero-order chi connectivity index (χ0) is 12.7. The number of carboxylic acids is 1. The fourth-order valence-electron chi connectivity index (χ4n) is 3.53. The first-order chi connectivity index (χ1) is 7.85. The first-order valence-corrected chi connectivity index (χ1v) is 6.83. The number of carboxylic acid groups (broad SMARTS) is 1. The Morgan fingerprint density at radius 3 is 2.18 bits per heavy atom. The smallest absolute Gasteiger partial charge is 0.309 e. The van der Waals surface area contributed by atoms with Crippen LogP contribution in [0.4, 0.5) is 0 Å². The van der Waals surface area contributed by atoms with E-state index < -0.39 is 11.4 Å². The maximum atomic E-state index is 11.2. The number of rotatable bonds is 2. The van der Waals surface area contributed by atoms with Gasteiger partial charge >= 0.3 is 5.97 Å². The van der Waals surface area contributed by atoms with E-state index in [9.17, 15) is 9.90 Å². The van der Waals surface area contributed by atoms with Crippen LogP contribution in [0.25, 0.3) is 0 Å². The number of piperidine rings is 1. The van der Waals surface area contributed by atoms with Crippen LogP contribution in [-0.4, -0.2) is 35.1 Å². The number of hydrogen-bond acceptors (Lipinski definition) is 2. The second-order valence-electron chi connectivity index (χ2n) is 6.80. The molecule has 1 heterocycles. The molecule has 1 N–H and O–H groups in total. The minimum absolute atomic E-state index is 0.414. The molecule has 1 atom stereocenters. The van der Waals surface area contributed by atoms with Gasteiger partial charge in [-0.1, -0.05) is 20.3 Å². The molecule has 0 spiro atoms. The Hall–Kier alpha value is -0.570. The van der Waals surface area contributed by atoms with Crippen molar-refractivity contribution in [3.05, 3.63) is 0 Å². The number of carbonyl (C=O) groups is 1. The molecule has 1 unspecified atom stereocenters. The van der Waals surface area contributed by atoms with Gasteiger partial charge in [-0.15, -0.1) is 0 Å². The summed E-state index contributed by atoms with van der Waals surface area (Å²) in [5.74, 6) is -0.622. The summed E-state index contributed by atoms with van der Waals surface area (Å²) in [6, 6.07) is 0.667. The molecule has 3 nitrogen and oxygen atoms in total. The molecule has 0 amide bonds. The third kappa shape index (κ3) is 2.35. The standard InChI is InChI=1S/C14H25NO2/c1-13(2)6-4-5-11(13)15-9-7-14(3,8-10-15)12(16)17/h11H,4-10H2,1-3H3,(H,16,17). The molecule has 2 rings (SSSR count). The van der Waals surface area contributed by atoms with Gasteiger partial charge in [0.25, 0.3) is 0 Å². The molecule has 17 heavy (non-hydrogen) atoms.